The number of halogens is 3. The minimum absolute atomic E-state index is 0.0270. The molecule has 0 aliphatic heterocycles. The van der Waals surface area contributed by atoms with Crippen LogP contribution < -0.4 is 15.4 Å². The van der Waals surface area contributed by atoms with E-state index in [1.54, 1.807) is 34.9 Å². The van der Waals surface area contributed by atoms with Gasteiger partial charge < -0.3 is 15.4 Å². The van der Waals surface area contributed by atoms with Crippen LogP contribution in [-0.2, 0) is 11.3 Å². The predicted molar refractivity (Wildman–Crippen MR) is 136 cm³/mol. The number of rotatable bonds is 9. The summed E-state index contributed by atoms with van der Waals surface area (Å²) in [6.07, 6.45) is 0. The molecular formula is C25H20ClF2N5O3S. The monoisotopic (exact) mass is 543 g/mol. The van der Waals surface area contributed by atoms with Gasteiger partial charge in [-0.25, -0.2) is 8.78 Å². The topological polar surface area (TPSA) is 98.1 Å². The van der Waals surface area contributed by atoms with Crippen molar-refractivity contribution in [3.63, 3.8) is 0 Å². The quantitative estimate of drug-likeness (QED) is 0.292. The number of para-hydroxylation sites is 3. The molecule has 37 heavy (non-hydrogen) atoms. The second kappa shape index (κ2) is 11.8. The minimum atomic E-state index is -0.756. The first-order chi connectivity index (χ1) is 17.9. The van der Waals surface area contributed by atoms with Gasteiger partial charge in [-0.15, -0.1) is 10.2 Å². The summed E-state index contributed by atoms with van der Waals surface area (Å²) in [5.41, 5.74) is 0.335. The Balaban J connectivity index is 1.57. The van der Waals surface area contributed by atoms with E-state index >= 15 is 0 Å². The number of methoxy groups -OCH3 is 1. The lowest BCUT2D eigenvalue weighted by molar-refractivity contribution is -0.113. The highest BCUT2D eigenvalue weighted by Crippen LogP contribution is 2.29. The van der Waals surface area contributed by atoms with Crippen LogP contribution in [0.1, 0.15) is 16.2 Å². The summed E-state index contributed by atoms with van der Waals surface area (Å²) in [5.74, 6) is -1.80. The third-order valence-corrected chi connectivity index (χ3v) is 6.35. The fourth-order valence-corrected chi connectivity index (χ4v) is 4.42. The maximum Gasteiger partial charge on any atom is 0.256 e. The van der Waals surface area contributed by atoms with E-state index in [0.29, 0.717) is 22.4 Å². The van der Waals surface area contributed by atoms with Crippen molar-refractivity contribution >= 4 is 40.9 Å². The highest BCUT2D eigenvalue weighted by Gasteiger charge is 2.21. The van der Waals surface area contributed by atoms with Gasteiger partial charge in [-0.3, -0.25) is 14.2 Å². The third-order valence-electron chi connectivity index (χ3n) is 5.10. The number of anilines is 1. The predicted octanol–water partition coefficient (Wildman–Crippen LogP) is 4.87. The minimum Gasteiger partial charge on any atom is -0.495 e. The number of aromatic nitrogens is 3. The summed E-state index contributed by atoms with van der Waals surface area (Å²) in [7, 11) is 1.50. The molecule has 1 aromatic heterocycles. The third kappa shape index (κ3) is 6.07. The Bertz CT molecular complexity index is 1430. The summed E-state index contributed by atoms with van der Waals surface area (Å²) in [6.45, 7) is -0.128. The normalized spacial score (nSPS) is 10.7. The van der Waals surface area contributed by atoms with E-state index in [1.165, 1.54) is 37.4 Å². The molecule has 0 aliphatic rings. The number of amides is 2. The molecular weight excluding hydrogens is 524 g/mol. The molecule has 0 saturated heterocycles. The molecule has 4 rings (SSSR count). The Labute approximate surface area is 220 Å². The molecule has 2 N–H and O–H groups in total. The zero-order valence-electron chi connectivity index (χ0n) is 19.4. The van der Waals surface area contributed by atoms with Gasteiger partial charge in [0.25, 0.3) is 5.91 Å². The lowest BCUT2D eigenvalue weighted by atomic mass is 10.2. The summed E-state index contributed by atoms with van der Waals surface area (Å²) in [5, 5.41) is 13.7. The molecule has 8 nitrogen and oxygen atoms in total. The van der Waals surface area contributed by atoms with Gasteiger partial charge in [-0.1, -0.05) is 53.7 Å². The largest absolute Gasteiger partial charge is 0.495 e. The van der Waals surface area contributed by atoms with Crippen molar-refractivity contribution < 1.29 is 23.1 Å². The SMILES string of the molecule is COc1ccccc1-n1c(CNC(=O)c2c(F)cccc2Cl)nnc1SCC(=O)Nc1ccccc1F. The van der Waals surface area contributed by atoms with Crippen LogP contribution in [0.25, 0.3) is 5.69 Å². The average Bonchev–Trinajstić information content (AvgIpc) is 3.30. The number of thioether (sulfide) groups is 1. The van der Waals surface area contributed by atoms with Crippen LogP contribution in [0.3, 0.4) is 0 Å². The van der Waals surface area contributed by atoms with Crippen molar-refractivity contribution in [2.45, 2.75) is 11.7 Å². The molecule has 0 fully saturated rings. The Kier molecular flexibility index (Phi) is 8.36. The van der Waals surface area contributed by atoms with Crippen molar-refractivity contribution in [3.05, 3.63) is 94.8 Å². The second-order valence-electron chi connectivity index (χ2n) is 7.50. The molecule has 0 bridgehead atoms. The first kappa shape index (κ1) is 26.1. The number of carbonyl (C=O) groups excluding carboxylic acids is 2. The van der Waals surface area contributed by atoms with Gasteiger partial charge in [-0.05, 0) is 36.4 Å². The smallest absolute Gasteiger partial charge is 0.256 e. The Morgan fingerprint density at radius 2 is 1.73 bits per heavy atom. The number of nitrogens with zero attached hydrogens (tertiary/aromatic N) is 3. The maximum atomic E-state index is 14.2. The zero-order chi connectivity index (χ0) is 26.4. The molecule has 0 atom stereocenters. The summed E-state index contributed by atoms with van der Waals surface area (Å²) in [6, 6.07) is 16.8. The van der Waals surface area contributed by atoms with E-state index in [9.17, 15) is 18.4 Å². The van der Waals surface area contributed by atoms with E-state index in [4.69, 9.17) is 16.3 Å². The van der Waals surface area contributed by atoms with Crippen molar-refractivity contribution in [3.8, 4) is 11.4 Å². The van der Waals surface area contributed by atoms with Gasteiger partial charge in [0.05, 0.1) is 41.4 Å². The van der Waals surface area contributed by atoms with Crippen molar-refractivity contribution in [1.29, 1.82) is 0 Å². The average molecular weight is 544 g/mol. The summed E-state index contributed by atoms with van der Waals surface area (Å²) >= 11 is 7.06. The van der Waals surface area contributed by atoms with Crippen LogP contribution >= 0.6 is 23.4 Å². The van der Waals surface area contributed by atoms with Crippen molar-refractivity contribution in [2.24, 2.45) is 0 Å². The van der Waals surface area contributed by atoms with E-state index in [2.05, 4.69) is 20.8 Å². The van der Waals surface area contributed by atoms with Gasteiger partial charge in [0.15, 0.2) is 11.0 Å². The maximum absolute atomic E-state index is 14.2. The van der Waals surface area contributed by atoms with E-state index < -0.39 is 23.4 Å². The van der Waals surface area contributed by atoms with E-state index in [-0.39, 0.29) is 28.6 Å². The van der Waals surface area contributed by atoms with Gasteiger partial charge in [0.2, 0.25) is 5.91 Å². The fourth-order valence-electron chi connectivity index (χ4n) is 3.41. The lowest BCUT2D eigenvalue weighted by Gasteiger charge is -2.14. The summed E-state index contributed by atoms with van der Waals surface area (Å²) < 4.78 is 35.1. The number of carbonyl (C=O) groups is 2. The Morgan fingerprint density at radius 1 is 1.00 bits per heavy atom. The summed E-state index contributed by atoms with van der Waals surface area (Å²) in [4.78, 5) is 25.1. The Morgan fingerprint density at radius 3 is 2.49 bits per heavy atom. The molecule has 3 aromatic carbocycles. The lowest BCUT2D eigenvalue weighted by Crippen LogP contribution is -2.26. The fraction of sp³-hybridized carbons (Fsp3) is 0.120. The molecule has 4 aromatic rings. The van der Waals surface area contributed by atoms with Crippen LogP contribution in [0, 0.1) is 11.6 Å². The molecule has 2 amide bonds. The number of ether oxygens (including phenoxy) is 1. The van der Waals surface area contributed by atoms with Crippen LogP contribution in [0.15, 0.2) is 71.9 Å². The number of hydrogen-bond donors (Lipinski definition) is 2. The first-order valence-corrected chi connectivity index (χ1v) is 12.2. The highest BCUT2D eigenvalue weighted by atomic mass is 35.5. The van der Waals surface area contributed by atoms with E-state index in [0.717, 1.165) is 17.8 Å². The van der Waals surface area contributed by atoms with Crippen LogP contribution in [-0.4, -0.2) is 39.4 Å². The van der Waals surface area contributed by atoms with E-state index in [1.807, 2.05) is 0 Å². The van der Waals surface area contributed by atoms with Crippen molar-refractivity contribution in [2.75, 3.05) is 18.2 Å². The molecule has 0 aliphatic carbocycles. The van der Waals surface area contributed by atoms with Gasteiger partial charge in [-0.2, -0.15) is 0 Å². The first-order valence-electron chi connectivity index (χ1n) is 10.9. The molecule has 190 valence electrons. The highest BCUT2D eigenvalue weighted by molar-refractivity contribution is 7.99. The van der Waals surface area contributed by atoms with Gasteiger partial charge in [0.1, 0.15) is 17.4 Å². The van der Waals surface area contributed by atoms with Crippen LogP contribution in [0.4, 0.5) is 14.5 Å². The zero-order valence-corrected chi connectivity index (χ0v) is 20.9. The number of hydrogen-bond acceptors (Lipinski definition) is 6. The van der Waals surface area contributed by atoms with Crippen LogP contribution in [0.2, 0.25) is 5.02 Å². The van der Waals surface area contributed by atoms with Crippen molar-refractivity contribution in [1.82, 2.24) is 20.1 Å². The van der Waals surface area contributed by atoms with Gasteiger partial charge in [0, 0.05) is 0 Å². The van der Waals surface area contributed by atoms with Crippen LogP contribution in [0.5, 0.6) is 5.75 Å². The molecule has 0 radical (unpaired) electrons. The van der Waals surface area contributed by atoms with Gasteiger partial charge >= 0.3 is 0 Å². The Hall–Kier alpha value is -3.96. The number of benzene rings is 3. The molecule has 12 heteroatoms. The molecule has 0 spiro atoms. The number of nitrogens with one attached hydrogen (secondary N) is 2. The molecule has 0 unspecified atom stereocenters. The standard InChI is InChI=1S/C25H20ClF2N5O3S/c1-36-20-12-5-4-11-19(20)33-21(13-29-24(35)23-15(26)7-6-9-17(23)28)31-32-25(33)37-14-22(34)30-18-10-3-2-8-16(18)27/h2-12H,13-14H2,1H3,(H,29,35)(H,30,34). The molecule has 1 heterocycles. The molecule has 0 saturated carbocycles. The second-order valence-corrected chi connectivity index (χ2v) is 8.85.